The van der Waals surface area contributed by atoms with Crippen LogP contribution in [0.3, 0.4) is 0 Å². The van der Waals surface area contributed by atoms with Crippen molar-refractivity contribution in [3.8, 4) is 17.2 Å². The quantitative estimate of drug-likeness (QED) is 0.517. The molecule has 0 radical (unpaired) electrons. The average molecular weight is 461 g/mol. The van der Waals surface area contributed by atoms with E-state index in [-0.39, 0.29) is 25.0 Å². The van der Waals surface area contributed by atoms with Gasteiger partial charge in [0.05, 0.1) is 7.11 Å². The minimum atomic E-state index is -0.773. The van der Waals surface area contributed by atoms with E-state index in [1.807, 2.05) is 72.8 Å². The molecule has 0 aromatic heterocycles. The van der Waals surface area contributed by atoms with E-state index in [0.29, 0.717) is 24.6 Å². The number of benzene rings is 3. The van der Waals surface area contributed by atoms with Crippen LogP contribution in [0.15, 0.2) is 72.8 Å². The van der Waals surface area contributed by atoms with E-state index in [1.54, 1.807) is 18.9 Å². The fourth-order valence-corrected chi connectivity index (χ4v) is 3.90. The average Bonchev–Trinajstić information content (AvgIpc) is 3.35. The van der Waals surface area contributed by atoms with Crippen molar-refractivity contribution in [2.24, 2.45) is 0 Å². The summed E-state index contributed by atoms with van der Waals surface area (Å²) in [7, 11) is 1.61. The summed E-state index contributed by atoms with van der Waals surface area (Å²) in [5.41, 5.74) is 2.54. The Kier molecular flexibility index (Phi) is 7.32. The van der Waals surface area contributed by atoms with E-state index in [4.69, 9.17) is 14.2 Å². The van der Waals surface area contributed by atoms with Gasteiger partial charge in [-0.3, -0.25) is 9.59 Å². The number of rotatable bonds is 9. The summed E-state index contributed by atoms with van der Waals surface area (Å²) in [4.78, 5) is 28.2. The van der Waals surface area contributed by atoms with E-state index < -0.39 is 6.04 Å². The van der Waals surface area contributed by atoms with Crippen molar-refractivity contribution in [3.05, 3.63) is 89.5 Å². The van der Waals surface area contributed by atoms with Crippen molar-refractivity contribution >= 4 is 11.8 Å². The highest BCUT2D eigenvalue weighted by atomic mass is 16.7. The standard InChI is InChI=1S/C27H28N2O5/c1-3-25(30)29(17-19-9-12-22(32-2)13-10-19)26(21-7-5-4-6-8-21)27(31)28-16-20-11-14-23-24(15-20)34-18-33-23/h4-15,26H,3,16-18H2,1-2H3,(H,28,31)/t26-/m1/s1. The van der Waals surface area contributed by atoms with Gasteiger partial charge in [-0.1, -0.05) is 55.5 Å². The number of carbonyl (C=O) groups is 2. The van der Waals surface area contributed by atoms with Gasteiger partial charge in [0.15, 0.2) is 11.5 Å². The molecule has 0 bridgehead atoms. The third-order valence-electron chi connectivity index (χ3n) is 5.71. The van der Waals surface area contributed by atoms with E-state index >= 15 is 0 Å². The van der Waals surface area contributed by atoms with Crippen LogP contribution in [-0.4, -0.2) is 30.6 Å². The molecule has 1 aliphatic rings. The van der Waals surface area contributed by atoms with Gasteiger partial charge < -0.3 is 24.4 Å². The third-order valence-corrected chi connectivity index (χ3v) is 5.71. The molecule has 34 heavy (non-hydrogen) atoms. The molecule has 1 atom stereocenters. The van der Waals surface area contributed by atoms with E-state index in [2.05, 4.69) is 5.32 Å². The first kappa shape index (κ1) is 23.2. The van der Waals surface area contributed by atoms with Crippen molar-refractivity contribution in [2.45, 2.75) is 32.5 Å². The monoisotopic (exact) mass is 460 g/mol. The summed E-state index contributed by atoms with van der Waals surface area (Å²) in [5, 5.41) is 3.00. The van der Waals surface area contributed by atoms with Gasteiger partial charge in [-0.2, -0.15) is 0 Å². The van der Waals surface area contributed by atoms with Crippen LogP contribution in [0.25, 0.3) is 0 Å². The van der Waals surface area contributed by atoms with Crippen LogP contribution in [0.1, 0.15) is 36.1 Å². The van der Waals surface area contributed by atoms with Crippen LogP contribution < -0.4 is 19.5 Å². The van der Waals surface area contributed by atoms with Gasteiger partial charge in [0.25, 0.3) is 0 Å². The van der Waals surface area contributed by atoms with Crippen molar-refractivity contribution < 1.29 is 23.8 Å². The highest BCUT2D eigenvalue weighted by Gasteiger charge is 2.30. The van der Waals surface area contributed by atoms with Gasteiger partial charge in [-0.25, -0.2) is 0 Å². The van der Waals surface area contributed by atoms with Gasteiger partial charge >= 0.3 is 0 Å². The van der Waals surface area contributed by atoms with Crippen molar-refractivity contribution in [3.63, 3.8) is 0 Å². The number of nitrogens with zero attached hydrogens (tertiary/aromatic N) is 1. The Morgan fingerprint density at radius 2 is 1.68 bits per heavy atom. The van der Waals surface area contributed by atoms with Gasteiger partial charge in [-0.05, 0) is 41.0 Å². The summed E-state index contributed by atoms with van der Waals surface area (Å²) < 4.78 is 16.0. The SMILES string of the molecule is CCC(=O)N(Cc1ccc(OC)cc1)[C@@H](C(=O)NCc1ccc2c(c1)OCO2)c1ccccc1. The molecule has 1 aliphatic heterocycles. The Morgan fingerprint density at radius 1 is 0.971 bits per heavy atom. The van der Waals surface area contributed by atoms with Crippen LogP contribution in [0.5, 0.6) is 17.2 Å². The molecular formula is C27H28N2O5. The lowest BCUT2D eigenvalue weighted by atomic mass is 10.0. The number of methoxy groups -OCH3 is 1. The van der Waals surface area contributed by atoms with Gasteiger partial charge in [-0.15, -0.1) is 0 Å². The highest BCUT2D eigenvalue weighted by molar-refractivity contribution is 5.88. The molecule has 0 saturated carbocycles. The summed E-state index contributed by atoms with van der Waals surface area (Å²) >= 11 is 0. The first-order valence-electron chi connectivity index (χ1n) is 11.2. The maximum atomic E-state index is 13.5. The zero-order valence-electron chi connectivity index (χ0n) is 19.3. The molecule has 176 valence electrons. The maximum absolute atomic E-state index is 13.5. The molecule has 0 aliphatic carbocycles. The largest absolute Gasteiger partial charge is 0.497 e. The van der Waals surface area contributed by atoms with E-state index in [9.17, 15) is 9.59 Å². The zero-order chi connectivity index (χ0) is 23.9. The molecule has 7 nitrogen and oxygen atoms in total. The lowest BCUT2D eigenvalue weighted by Crippen LogP contribution is -2.43. The Bertz CT molecular complexity index is 1130. The predicted octanol–water partition coefficient (Wildman–Crippen LogP) is 4.22. The number of hydrogen-bond donors (Lipinski definition) is 1. The number of fused-ring (bicyclic) bond motifs is 1. The number of nitrogens with one attached hydrogen (secondary N) is 1. The van der Waals surface area contributed by atoms with Crippen LogP contribution in [0.4, 0.5) is 0 Å². The molecule has 3 aromatic carbocycles. The lowest BCUT2D eigenvalue weighted by molar-refractivity contribution is -0.141. The fourth-order valence-electron chi connectivity index (χ4n) is 3.90. The Labute approximate surface area is 199 Å². The number of hydrogen-bond acceptors (Lipinski definition) is 5. The summed E-state index contributed by atoms with van der Waals surface area (Å²) in [6.45, 7) is 2.60. The third kappa shape index (κ3) is 5.31. The van der Waals surface area contributed by atoms with Crippen LogP contribution in [-0.2, 0) is 22.7 Å². The van der Waals surface area contributed by atoms with Crippen molar-refractivity contribution in [1.29, 1.82) is 0 Å². The van der Waals surface area contributed by atoms with E-state index in [0.717, 1.165) is 22.4 Å². The second kappa shape index (κ2) is 10.7. The minimum absolute atomic E-state index is 0.108. The topological polar surface area (TPSA) is 77.1 Å². The van der Waals surface area contributed by atoms with Crippen LogP contribution in [0, 0.1) is 0 Å². The number of amides is 2. The molecular weight excluding hydrogens is 432 g/mol. The molecule has 0 unspecified atom stereocenters. The highest BCUT2D eigenvalue weighted by Crippen LogP contribution is 2.32. The second-order valence-corrected chi connectivity index (χ2v) is 7.94. The summed E-state index contributed by atoms with van der Waals surface area (Å²) in [5.74, 6) is 1.73. The first-order chi connectivity index (χ1) is 16.6. The van der Waals surface area contributed by atoms with Crippen LogP contribution >= 0.6 is 0 Å². The summed E-state index contributed by atoms with van der Waals surface area (Å²) in [6, 6.07) is 21.7. The molecule has 1 N–H and O–H groups in total. The van der Waals surface area contributed by atoms with E-state index in [1.165, 1.54) is 0 Å². The Morgan fingerprint density at radius 3 is 2.38 bits per heavy atom. The molecule has 0 saturated heterocycles. The second-order valence-electron chi connectivity index (χ2n) is 7.94. The molecule has 7 heteroatoms. The van der Waals surface area contributed by atoms with Gasteiger partial charge in [0, 0.05) is 19.5 Å². The molecule has 0 spiro atoms. The van der Waals surface area contributed by atoms with Gasteiger partial charge in [0.1, 0.15) is 11.8 Å². The minimum Gasteiger partial charge on any atom is -0.497 e. The molecule has 2 amide bonds. The molecule has 4 rings (SSSR count). The zero-order valence-corrected chi connectivity index (χ0v) is 19.3. The summed E-state index contributed by atoms with van der Waals surface area (Å²) in [6.07, 6.45) is 0.287. The lowest BCUT2D eigenvalue weighted by Gasteiger charge is -2.31. The Balaban J connectivity index is 1.58. The molecule has 1 heterocycles. The number of ether oxygens (including phenoxy) is 3. The molecule has 0 fully saturated rings. The maximum Gasteiger partial charge on any atom is 0.247 e. The number of carbonyl (C=O) groups excluding carboxylic acids is 2. The fraction of sp³-hybridized carbons (Fsp3) is 0.259. The van der Waals surface area contributed by atoms with Gasteiger partial charge in [0.2, 0.25) is 18.6 Å². The predicted molar refractivity (Wildman–Crippen MR) is 127 cm³/mol. The normalized spacial score (nSPS) is 12.6. The van der Waals surface area contributed by atoms with Crippen molar-refractivity contribution in [1.82, 2.24) is 10.2 Å². The van der Waals surface area contributed by atoms with Crippen molar-refractivity contribution in [2.75, 3.05) is 13.9 Å². The Hall–Kier alpha value is -4.00. The first-order valence-corrected chi connectivity index (χ1v) is 11.2. The molecule has 3 aromatic rings. The smallest absolute Gasteiger partial charge is 0.247 e. The van der Waals surface area contributed by atoms with Crippen LogP contribution in [0.2, 0.25) is 0 Å².